The molecular formula is C43H44BN3. The number of fused-ring (bicyclic) bond motifs is 4. The summed E-state index contributed by atoms with van der Waals surface area (Å²) in [5.74, 6) is 0. The lowest BCUT2D eigenvalue weighted by atomic mass is 9.34. The SMILES string of the molecule is Cc1c(C)n2c3c(cccc13)B1c3ccccc3N(C)c3cc(N(c4ccc(C(C)(C)C)cc4)c4ccc(C(C)(C)C)cc4)cc-2c31. The number of anilines is 5. The molecule has 0 N–H and O–H groups in total. The summed E-state index contributed by atoms with van der Waals surface area (Å²) in [5.41, 5.74) is 18.3. The van der Waals surface area contributed by atoms with Gasteiger partial charge in [0.1, 0.15) is 0 Å². The Morgan fingerprint density at radius 2 is 1.13 bits per heavy atom. The molecule has 0 saturated carbocycles. The molecule has 0 aliphatic carbocycles. The largest absolute Gasteiger partial charge is 0.345 e. The van der Waals surface area contributed by atoms with Crippen molar-refractivity contribution < 1.29 is 0 Å². The average molecular weight is 614 g/mol. The normalized spacial score (nSPS) is 13.6. The third-order valence-corrected chi connectivity index (χ3v) is 10.7. The molecule has 1 aromatic heterocycles. The Morgan fingerprint density at radius 3 is 1.72 bits per heavy atom. The molecule has 0 spiro atoms. The van der Waals surface area contributed by atoms with Crippen molar-refractivity contribution in [2.45, 2.75) is 66.2 Å². The van der Waals surface area contributed by atoms with Crippen LogP contribution in [0.3, 0.4) is 0 Å². The second kappa shape index (κ2) is 10.2. The van der Waals surface area contributed by atoms with E-state index >= 15 is 0 Å². The molecule has 0 fully saturated rings. The van der Waals surface area contributed by atoms with Crippen LogP contribution in [0.25, 0.3) is 16.6 Å². The van der Waals surface area contributed by atoms with Crippen LogP contribution >= 0.6 is 0 Å². The van der Waals surface area contributed by atoms with Crippen molar-refractivity contribution in [1.82, 2.24) is 4.57 Å². The molecular weight excluding hydrogens is 569 g/mol. The monoisotopic (exact) mass is 613 g/mol. The smallest absolute Gasteiger partial charge is 0.252 e. The minimum atomic E-state index is 0.0847. The number of benzene rings is 5. The lowest BCUT2D eigenvalue weighted by molar-refractivity contribution is 0.590. The van der Waals surface area contributed by atoms with E-state index in [0.717, 1.165) is 17.1 Å². The zero-order valence-electron chi connectivity index (χ0n) is 29.2. The highest BCUT2D eigenvalue weighted by Gasteiger charge is 2.41. The minimum absolute atomic E-state index is 0.0847. The van der Waals surface area contributed by atoms with Crippen molar-refractivity contribution in [3.63, 3.8) is 0 Å². The van der Waals surface area contributed by atoms with Crippen molar-refractivity contribution in [3.8, 4) is 5.69 Å². The van der Waals surface area contributed by atoms with Gasteiger partial charge < -0.3 is 14.4 Å². The van der Waals surface area contributed by atoms with Gasteiger partial charge in [0, 0.05) is 52.1 Å². The summed E-state index contributed by atoms with van der Waals surface area (Å²) in [6.07, 6.45) is 0. The highest BCUT2D eigenvalue weighted by atomic mass is 15.2. The first-order valence-corrected chi connectivity index (χ1v) is 17.0. The topological polar surface area (TPSA) is 11.4 Å². The first-order valence-electron chi connectivity index (χ1n) is 17.0. The van der Waals surface area contributed by atoms with Crippen molar-refractivity contribution in [2.75, 3.05) is 16.8 Å². The van der Waals surface area contributed by atoms with Crippen molar-refractivity contribution in [3.05, 3.63) is 126 Å². The maximum absolute atomic E-state index is 2.55. The number of hydrogen-bond donors (Lipinski definition) is 0. The summed E-state index contributed by atoms with van der Waals surface area (Å²) >= 11 is 0. The van der Waals surface area contributed by atoms with Crippen LogP contribution in [0, 0.1) is 13.8 Å². The molecule has 5 aromatic carbocycles. The van der Waals surface area contributed by atoms with Crippen LogP contribution in [0.5, 0.6) is 0 Å². The van der Waals surface area contributed by atoms with Gasteiger partial charge in [-0.3, -0.25) is 0 Å². The van der Waals surface area contributed by atoms with Crippen LogP contribution in [0.15, 0.2) is 103 Å². The predicted octanol–water partition coefficient (Wildman–Crippen LogP) is 9.22. The molecule has 2 aliphatic heterocycles. The van der Waals surface area contributed by atoms with E-state index in [1.807, 2.05) is 0 Å². The summed E-state index contributed by atoms with van der Waals surface area (Å²) in [6.45, 7) is 18.4. The van der Waals surface area contributed by atoms with Gasteiger partial charge in [0.15, 0.2) is 0 Å². The Balaban J connectivity index is 1.43. The summed E-state index contributed by atoms with van der Waals surface area (Å²) in [5, 5.41) is 1.35. The second-order valence-corrected chi connectivity index (χ2v) is 15.7. The Bertz CT molecular complexity index is 2130. The highest BCUT2D eigenvalue weighted by molar-refractivity contribution is 7.00. The van der Waals surface area contributed by atoms with Gasteiger partial charge in [0.2, 0.25) is 0 Å². The average Bonchev–Trinajstić information content (AvgIpc) is 3.31. The molecule has 0 unspecified atom stereocenters. The number of nitrogens with zero attached hydrogens (tertiary/aromatic N) is 3. The van der Waals surface area contributed by atoms with Gasteiger partial charge in [-0.1, -0.05) is 102 Å². The first-order chi connectivity index (χ1) is 22.3. The van der Waals surface area contributed by atoms with E-state index in [1.165, 1.54) is 66.7 Å². The molecule has 4 heteroatoms. The summed E-state index contributed by atoms with van der Waals surface area (Å²) in [7, 11) is 2.24. The highest BCUT2D eigenvalue weighted by Crippen LogP contribution is 2.43. The molecule has 47 heavy (non-hydrogen) atoms. The van der Waals surface area contributed by atoms with Gasteiger partial charge in [-0.25, -0.2) is 0 Å². The van der Waals surface area contributed by atoms with Crippen LogP contribution in [-0.2, 0) is 10.8 Å². The molecule has 6 aromatic rings. The van der Waals surface area contributed by atoms with Crippen molar-refractivity contribution in [1.29, 1.82) is 0 Å². The summed E-state index contributed by atoms with van der Waals surface area (Å²) in [6, 6.07) is 39.1. The van der Waals surface area contributed by atoms with Gasteiger partial charge in [0.05, 0.1) is 5.69 Å². The maximum Gasteiger partial charge on any atom is 0.252 e. The third kappa shape index (κ3) is 4.41. The molecule has 0 amide bonds. The van der Waals surface area contributed by atoms with Gasteiger partial charge in [-0.2, -0.15) is 0 Å². The fourth-order valence-electron chi connectivity index (χ4n) is 7.99. The van der Waals surface area contributed by atoms with E-state index in [0.29, 0.717) is 0 Å². The van der Waals surface area contributed by atoms with Crippen LogP contribution in [0.2, 0.25) is 0 Å². The zero-order valence-corrected chi connectivity index (χ0v) is 29.2. The van der Waals surface area contributed by atoms with Gasteiger partial charge >= 0.3 is 0 Å². The van der Waals surface area contributed by atoms with Gasteiger partial charge in [0.25, 0.3) is 6.71 Å². The van der Waals surface area contributed by atoms with Crippen molar-refractivity contribution >= 4 is 62.4 Å². The number of aromatic nitrogens is 1. The van der Waals surface area contributed by atoms with E-state index in [9.17, 15) is 0 Å². The Kier molecular flexibility index (Phi) is 6.41. The Labute approximate surface area is 280 Å². The zero-order chi connectivity index (χ0) is 33.0. The number of aryl methyl sites for hydroxylation is 1. The fraction of sp³-hybridized carbons (Fsp3) is 0.256. The quantitative estimate of drug-likeness (QED) is 0.184. The van der Waals surface area contributed by atoms with E-state index in [-0.39, 0.29) is 17.5 Å². The number of rotatable bonds is 3. The van der Waals surface area contributed by atoms with E-state index in [1.54, 1.807) is 0 Å². The summed E-state index contributed by atoms with van der Waals surface area (Å²) in [4.78, 5) is 4.86. The van der Waals surface area contributed by atoms with E-state index in [2.05, 4.69) is 180 Å². The Hall–Kier alpha value is -4.70. The molecule has 0 bridgehead atoms. The maximum atomic E-state index is 2.55. The molecule has 0 radical (unpaired) electrons. The van der Waals surface area contributed by atoms with Gasteiger partial charge in [-0.05, 0) is 100 Å². The molecule has 234 valence electrons. The number of para-hydroxylation sites is 2. The first kappa shape index (κ1) is 29.7. The predicted molar refractivity (Wildman–Crippen MR) is 204 cm³/mol. The molecule has 0 saturated heterocycles. The lowest BCUT2D eigenvalue weighted by Gasteiger charge is -2.40. The van der Waals surface area contributed by atoms with Gasteiger partial charge in [-0.15, -0.1) is 0 Å². The molecule has 8 rings (SSSR count). The molecule has 3 heterocycles. The lowest BCUT2D eigenvalue weighted by Crippen LogP contribution is -2.60. The van der Waals surface area contributed by atoms with Crippen LogP contribution in [0.4, 0.5) is 28.4 Å². The number of hydrogen-bond acceptors (Lipinski definition) is 2. The van der Waals surface area contributed by atoms with E-state index < -0.39 is 0 Å². The fourth-order valence-corrected chi connectivity index (χ4v) is 7.99. The second-order valence-electron chi connectivity index (χ2n) is 15.7. The van der Waals surface area contributed by atoms with Crippen LogP contribution in [-0.4, -0.2) is 18.3 Å². The molecule has 0 atom stereocenters. The Morgan fingerprint density at radius 1 is 0.574 bits per heavy atom. The summed E-state index contributed by atoms with van der Waals surface area (Å²) < 4.78 is 2.55. The molecule has 3 nitrogen and oxygen atoms in total. The molecule has 2 aliphatic rings. The van der Waals surface area contributed by atoms with Crippen molar-refractivity contribution in [2.24, 2.45) is 0 Å². The van der Waals surface area contributed by atoms with Crippen LogP contribution in [0.1, 0.15) is 63.9 Å². The minimum Gasteiger partial charge on any atom is -0.345 e. The third-order valence-electron chi connectivity index (χ3n) is 10.7. The van der Waals surface area contributed by atoms with E-state index in [4.69, 9.17) is 0 Å². The van der Waals surface area contributed by atoms with Crippen LogP contribution < -0.4 is 26.2 Å². The standard InChI is InChI=1S/C43H44BN3/c1-27-28(2)46-39-26-33(47(31-21-17-29(18-22-31)42(3,4)5)32-23-19-30(20-24-32)43(6,7)8)25-38-40(39)44(36-15-12-13-34(27)41(36)46)35-14-10-11-16-37(35)45(38)9/h10-26H,1-9H3.